The van der Waals surface area contributed by atoms with Crippen LogP contribution in [0, 0.1) is 0 Å². The molecule has 0 spiro atoms. The van der Waals surface area contributed by atoms with Crippen molar-refractivity contribution in [1.82, 2.24) is 15.5 Å². The minimum absolute atomic E-state index is 0.106. The number of carbonyl (C=O) groups excluding carboxylic acids is 2. The van der Waals surface area contributed by atoms with Crippen molar-refractivity contribution in [2.75, 3.05) is 33.8 Å². The van der Waals surface area contributed by atoms with E-state index in [-0.39, 0.29) is 25.6 Å². The van der Waals surface area contributed by atoms with Crippen LogP contribution in [-0.4, -0.2) is 78.5 Å². The fourth-order valence-electron chi connectivity index (χ4n) is 4.13. The van der Waals surface area contributed by atoms with Crippen molar-refractivity contribution in [2.45, 2.75) is 30.9 Å². The van der Waals surface area contributed by atoms with Gasteiger partial charge >= 0.3 is 12.1 Å². The number of likely N-dealkylation sites (N-methyl/N-ethyl adjacent to an activating group) is 1. The van der Waals surface area contributed by atoms with E-state index in [9.17, 15) is 19.5 Å². The Bertz CT molecular complexity index is 1010. The van der Waals surface area contributed by atoms with Gasteiger partial charge in [-0.25, -0.2) is 4.79 Å². The van der Waals surface area contributed by atoms with Crippen LogP contribution in [0.2, 0.25) is 0 Å². The molecule has 2 aromatic carbocycles. The molecule has 0 saturated carbocycles. The summed E-state index contributed by atoms with van der Waals surface area (Å²) in [7, 11) is 3.50. The van der Waals surface area contributed by atoms with Gasteiger partial charge in [0, 0.05) is 19.0 Å². The summed E-state index contributed by atoms with van der Waals surface area (Å²) in [6.45, 7) is 1.36. The van der Waals surface area contributed by atoms with E-state index in [0.29, 0.717) is 0 Å². The number of carbonyl (C=O) groups is 3. The molecule has 34 heavy (non-hydrogen) atoms. The summed E-state index contributed by atoms with van der Waals surface area (Å²) in [4.78, 5) is 37.9. The Kier molecular flexibility index (Phi) is 7.90. The topological polar surface area (TPSA) is 128 Å². The molecule has 1 aliphatic rings. The van der Waals surface area contributed by atoms with Gasteiger partial charge in [0.25, 0.3) is 0 Å². The van der Waals surface area contributed by atoms with E-state index in [4.69, 9.17) is 9.84 Å². The van der Waals surface area contributed by atoms with Gasteiger partial charge in [0.2, 0.25) is 5.91 Å². The van der Waals surface area contributed by atoms with Gasteiger partial charge < -0.3 is 30.5 Å². The highest BCUT2D eigenvalue weighted by Gasteiger charge is 2.31. The summed E-state index contributed by atoms with van der Waals surface area (Å²) in [6, 6.07) is 15.0. The number of alkyl carbamates (subject to hydrolysis) is 1. The Morgan fingerprint density at radius 3 is 2.15 bits per heavy atom. The van der Waals surface area contributed by atoms with E-state index in [2.05, 4.69) is 10.6 Å². The Hall–Kier alpha value is -3.43. The van der Waals surface area contributed by atoms with E-state index in [0.717, 1.165) is 22.3 Å². The lowest BCUT2D eigenvalue weighted by atomic mass is 9.98. The van der Waals surface area contributed by atoms with Gasteiger partial charge in [-0.3, -0.25) is 9.59 Å². The monoisotopic (exact) mass is 469 g/mol. The number of ether oxygens (including phenoxy) is 1. The van der Waals surface area contributed by atoms with E-state index in [1.807, 2.05) is 48.5 Å². The molecule has 182 valence electrons. The maximum Gasteiger partial charge on any atom is 0.407 e. The van der Waals surface area contributed by atoms with E-state index in [1.54, 1.807) is 19.0 Å². The van der Waals surface area contributed by atoms with Gasteiger partial charge in [-0.2, -0.15) is 0 Å². The average molecular weight is 470 g/mol. The summed E-state index contributed by atoms with van der Waals surface area (Å²) in [5.74, 6) is -1.83. The number of aliphatic carboxylic acids is 1. The first-order valence-electron chi connectivity index (χ1n) is 11.1. The number of amides is 2. The lowest BCUT2D eigenvalue weighted by Gasteiger charge is -2.25. The van der Waals surface area contributed by atoms with Crippen molar-refractivity contribution >= 4 is 18.0 Å². The summed E-state index contributed by atoms with van der Waals surface area (Å²) < 4.78 is 5.52. The smallest absolute Gasteiger partial charge is 0.407 e. The summed E-state index contributed by atoms with van der Waals surface area (Å²) in [5.41, 5.74) is 2.78. The summed E-state index contributed by atoms with van der Waals surface area (Å²) in [6.07, 6.45) is -1.26. The van der Waals surface area contributed by atoms with E-state index < -0.39 is 36.0 Å². The van der Waals surface area contributed by atoms with Crippen LogP contribution >= 0.6 is 0 Å². The van der Waals surface area contributed by atoms with Crippen molar-refractivity contribution in [3.8, 4) is 11.1 Å². The van der Waals surface area contributed by atoms with Crippen LogP contribution in [0.3, 0.4) is 0 Å². The first-order valence-corrected chi connectivity index (χ1v) is 11.1. The lowest BCUT2D eigenvalue weighted by Crippen LogP contribution is -2.54. The van der Waals surface area contributed by atoms with Crippen LogP contribution in [0.5, 0.6) is 0 Å². The molecule has 9 heteroatoms. The van der Waals surface area contributed by atoms with Crippen LogP contribution in [0.15, 0.2) is 48.5 Å². The highest BCUT2D eigenvalue weighted by atomic mass is 16.5. The van der Waals surface area contributed by atoms with Crippen molar-refractivity contribution in [3.63, 3.8) is 0 Å². The highest BCUT2D eigenvalue weighted by Crippen LogP contribution is 2.44. The minimum Gasteiger partial charge on any atom is -0.481 e. The molecule has 0 aliphatic heterocycles. The van der Waals surface area contributed by atoms with Crippen LogP contribution in [0.25, 0.3) is 11.1 Å². The zero-order chi connectivity index (χ0) is 24.9. The van der Waals surface area contributed by atoms with Crippen LogP contribution in [0.1, 0.15) is 30.4 Å². The third-order valence-electron chi connectivity index (χ3n) is 5.68. The molecular weight excluding hydrogens is 438 g/mol. The molecule has 3 rings (SSSR count). The predicted molar refractivity (Wildman–Crippen MR) is 126 cm³/mol. The fraction of sp³-hybridized carbons (Fsp3) is 0.400. The van der Waals surface area contributed by atoms with Gasteiger partial charge in [0.1, 0.15) is 12.6 Å². The first-order chi connectivity index (χ1) is 16.1. The lowest BCUT2D eigenvalue weighted by molar-refractivity contribution is -0.142. The summed E-state index contributed by atoms with van der Waals surface area (Å²) in [5, 5.41) is 24.1. The highest BCUT2D eigenvalue weighted by molar-refractivity contribution is 5.86. The largest absolute Gasteiger partial charge is 0.481 e. The van der Waals surface area contributed by atoms with E-state index >= 15 is 0 Å². The van der Waals surface area contributed by atoms with Gasteiger partial charge in [-0.15, -0.1) is 0 Å². The van der Waals surface area contributed by atoms with Gasteiger partial charge in [0.15, 0.2) is 0 Å². The zero-order valence-electron chi connectivity index (χ0n) is 19.6. The number of nitrogens with zero attached hydrogens (tertiary/aromatic N) is 1. The SMILES string of the molecule is CN(C)CC(NC(=O)OCC1c2ccccc2-c2ccccc21)C(=O)NCC(C)(O)CC(=O)O. The molecule has 0 aromatic heterocycles. The van der Waals surface area contributed by atoms with Gasteiger partial charge in [-0.05, 0) is 43.3 Å². The van der Waals surface area contributed by atoms with Crippen LogP contribution in [-0.2, 0) is 14.3 Å². The number of aliphatic hydroxyl groups is 1. The molecule has 0 heterocycles. The van der Waals surface area contributed by atoms with Crippen LogP contribution in [0.4, 0.5) is 4.79 Å². The van der Waals surface area contributed by atoms with Crippen molar-refractivity contribution in [1.29, 1.82) is 0 Å². The third kappa shape index (κ3) is 6.33. The fourth-order valence-corrected chi connectivity index (χ4v) is 4.13. The van der Waals surface area contributed by atoms with Crippen molar-refractivity contribution in [2.24, 2.45) is 0 Å². The van der Waals surface area contributed by atoms with Crippen molar-refractivity contribution < 1.29 is 29.3 Å². The molecule has 2 amide bonds. The molecule has 2 atom stereocenters. The van der Waals surface area contributed by atoms with Gasteiger partial charge in [-0.1, -0.05) is 48.5 Å². The molecule has 9 nitrogen and oxygen atoms in total. The molecule has 0 fully saturated rings. The number of nitrogens with one attached hydrogen (secondary N) is 2. The Morgan fingerprint density at radius 2 is 1.62 bits per heavy atom. The van der Waals surface area contributed by atoms with Gasteiger partial charge in [0.05, 0.1) is 12.0 Å². The molecule has 0 radical (unpaired) electrons. The number of fused-ring (bicyclic) bond motifs is 3. The Labute approximate surface area is 198 Å². The third-order valence-corrected chi connectivity index (χ3v) is 5.68. The quantitative estimate of drug-likeness (QED) is 0.418. The maximum absolute atomic E-state index is 12.7. The summed E-state index contributed by atoms with van der Waals surface area (Å²) >= 11 is 0. The molecule has 4 N–H and O–H groups in total. The molecular formula is C25H31N3O6. The number of carboxylic acid groups (broad SMARTS) is 1. The van der Waals surface area contributed by atoms with E-state index in [1.165, 1.54) is 6.92 Å². The molecule has 0 saturated heterocycles. The second-order valence-corrected chi connectivity index (χ2v) is 9.07. The Morgan fingerprint density at radius 1 is 1.06 bits per heavy atom. The molecule has 2 unspecified atom stereocenters. The first kappa shape index (κ1) is 25.2. The standard InChI is InChI=1S/C25H31N3O6/c1-25(33,12-22(29)30)15-26-23(31)21(13-28(2)3)27-24(32)34-14-20-18-10-6-4-8-16(18)17-9-5-7-11-19(17)20/h4-11,20-21,33H,12-15H2,1-3H3,(H,26,31)(H,27,32)(H,29,30). The predicted octanol–water partition coefficient (Wildman–Crippen LogP) is 1.80. The average Bonchev–Trinajstić information content (AvgIpc) is 3.08. The second-order valence-electron chi connectivity index (χ2n) is 9.07. The molecule has 2 aromatic rings. The molecule has 1 aliphatic carbocycles. The van der Waals surface area contributed by atoms with Crippen molar-refractivity contribution in [3.05, 3.63) is 59.7 Å². The Balaban J connectivity index is 1.62. The number of rotatable bonds is 10. The second kappa shape index (κ2) is 10.7. The number of hydrogen-bond donors (Lipinski definition) is 4. The number of benzene rings is 2. The maximum atomic E-state index is 12.7. The zero-order valence-corrected chi connectivity index (χ0v) is 19.6. The number of carboxylic acids is 1. The minimum atomic E-state index is -1.62. The van der Waals surface area contributed by atoms with Crippen LogP contribution < -0.4 is 10.6 Å². The normalized spacial score (nSPS) is 15.1. The molecule has 0 bridgehead atoms. The number of hydrogen-bond acceptors (Lipinski definition) is 6.